The maximum absolute atomic E-state index is 14.2. The number of benzene rings is 5. The number of carbonyl (C=O) groups excluding carboxylic acids is 3. The number of piperazine rings is 1. The molecule has 276 valence electrons. The van der Waals surface area contributed by atoms with Crippen molar-refractivity contribution < 1.29 is 19.1 Å². The molecule has 2 heterocycles. The molecule has 0 radical (unpaired) electrons. The number of fused-ring (bicyclic) bond motifs is 1. The molecule has 0 saturated carbocycles. The third kappa shape index (κ3) is 9.10. The maximum atomic E-state index is 14.2. The summed E-state index contributed by atoms with van der Waals surface area (Å²) >= 11 is 6.15. The van der Waals surface area contributed by atoms with Gasteiger partial charge in [-0.2, -0.15) is 0 Å². The zero-order valence-electron chi connectivity index (χ0n) is 30.0. The van der Waals surface area contributed by atoms with Gasteiger partial charge in [-0.3, -0.25) is 14.4 Å². The van der Waals surface area contributed by atoms with Crippen LogP contribution in [0, 0.1) is 0 Å². The molecule has 7 rings (SSSR count). The smallest absolute Gasteiger partial charge is 0.253 e. The molecule has 0 bridgehead atoms. The van der Waals surface area contributed by atoms with Gasteiger partial charge in [-0.25, -0.2) is 0 Å². The largest absolute Gasteiger partial charge is 0.457 e. The van der Waals surface area contributed by atoms with Crippen LogP contribution in [0.1, 0.15) is 38.7 Å². The van der Waals surface area contributed by atoms with E-state index < -0.39 is 12.1 Å². The van der Waals surface area contributed by atoms with Crippen LogP contribution in [0.3, 0.4) is 0 Å². The predicted molar refractivity (Wildman–Crippen MR) is 212 cm³/mol. The molecule has 10 heteroatoms. The van der Waals surface area contributed by atoms with Crippen molar-refractivity contribution in [3.63, 3.8) is 0 Å². The summed E-state index contributed by atoms with van der Waals surface area (Å²) in [6.45, 7) is 3.14. The average Bonchev–Trinajstić information content (AvgIpc) is 3.21. The van der Waals surface area contributed by atoms with E-state index in [0.717, 1.165) is 45.9 Å². The van der Waals surface area contributed by atoms with E-state index >= 15 is 0 Å². The topological polar surface area (TPSA) is 103 Å². The van der Waals surface area contributed by atoms with E-state index in [9.17, 15) is 14.4 Å². The molecule has 0 aliphatic carbocycles. The minimum atomic E-state index is -0.759. The first-order valence-corrected chi connectivity index (χ1v) is 18.9. The van der Waals surface area contributed by atoms with Crippen LogP contribution in [0.4, 0.5) is 5.69 Å². The number of nitrogens with zero attached hydrogens (tertiary/aromatic N) is 2. The average molecular weight is 742 g/mol. The van der Waals surface area contributed by atoms with Gasteiger partial charge in [0.2, 0.25) is 11.8 Å². The Kier molecular flexibility index (Phi) is 11.9. The molecule has 2 aliphatic heterocycles. The van der Waals surface area contributed by atoms with Crippen molar-refractivity contribution >= 4 is 35.0 Å². The SMILES string of the molecule is O=C(NCCc1cccc(Oc2ccccc2)c1)c1ccccc1N1CCN(C(=O)[C@@H](Cc2ccc(Cl)cc2)NC(=O)C2NCCc3ccccc32)CC1. The molecule has 3 N–H and O–H groups in total. The van der Waals surface area contributed by atoms with E-state index in [1.54, 1.807) is 12.1 Å². The lowest BCUT2D eigenvalue weighted by atomic mass is 9.93. The molecule has 54 heavy (non-hydrogen) atoms. The Bertz CT molecular complexity index is 2070. The van der Waals surface area contributed by atoms with E-state index in [0.29, 0.717) is 62.7 Å². The number of anilines is 1. The number of rotatable bonds is 12. The Balaban J connectivity index is 0.972. The fourth-order valence-electron chi connectivity index (χ4n) is 7.18. The summed E-state index contributed by atoms with van der Waals surface area (Å²) in [5.41, 5.74) is 5.46. The molecule has 0 aromatic heterocycles. The minimum Gasteiger partial charge on any atom is -0.457 e. The number of amides is 3. The highest BCUT2D eigenvalue weighted by atomic mass is 35.5. The summed E-state index contributed by atoms with van der Waals surface area (Å²) in [5.74, 6) is 1.02. The zero-order valence-corrected chi connectivity index (χ0v) is 30.8. The zero-order chi connectivity index (χ0) is 37.3. The molecule has 5 aromatic rings. The molecule has 2 atom stereocenters. The molecule has 5 aromatic carbocycles. The van der Waals surface area contributed by atoms with E-state index in [2.05, 4.69) is 26.9 Å². The van der Waals surface area contributed by atoms with Crippen LogP contribution in [0.15, 0.2) is 127 Å². The van der Waals surface area contributed by atoms with Gasteiger partial charge < -0.3 is 30.5 Å². The predicted octanol–water partition coefficient (Wildman–Crippen LogP) is 6.37. The van der Waals surface area contributed by atoms with Crippen LogP contribution in [-0.4, -0.2) is 67.9 Å². The number of halogens is 1. The number of hydrogen-bond donors (Lipinski definition) is 3. The van der Waals surface area contributed by atoms with Gasteiger partial charge in [-0.05, 0) is 83.6 Å². The Hall–Kier alpha value is -5.64. The second kappa shape index (κ2) is 17.5. The fraction of sp³-hybridized carbons (Fsp3) is 0.250. The third-order valence-electron chi connectivity index (χ3n) is 10.00. The van der Waals surface area contributed by atoms with Gasteiger partial charge in [-0.1, -0.05) is 90.5 Å². The van der Waals surface area contributed by atoms with E-state index in [1.165, 1.54) is 0 Å². The summed E-state index contributed by atoms with van der Waals surface area (Å²) in [5, 5.41) is 10.1. The highest BCUT2D eigenvalue weighted by Gasteiger charge is 2.33. The summed E-state index contributed by atoms with van der Waals surface area (Å²) in [6, 6.07) is 39.1. The van der Waals surface area contributed by atoms with Gasteiger partial charge in [0.15, 0.2) is 0 Å². The Morgan fingerprint density at radius 1 is 0.778 bits per heavy atom. The normalized spacial score (nSPS) is 15.8. The second-order valence-corrected chi connectivity index (χ2v) is 14.1. The van der Waals surface area contributed by atoms with Gasteiger partial charge >= 0.3 is 0 Å². The van der Waals surface area contributed by atoms with Crippen molar-refractivity contribution in [2.24, 2.45) is 0 Å². The van der Waals surface area contributed by atoms with Crippen molar-refractivity contribution in [2.75, 3.05) is 44.2 Å². The van der Waals surface area contributed by atoms with Gasteiger partial charge in [0.05, 0.1) is 5.56 Å². The molecule has 3 amide bonds. The highest BCUT2D eigenvalue weighted by molar-refractivity contribution is 6.30. The monoisotopic (exact) mass is 741 g/mol. The summed E-state index contributed by atoms with van der Waals surface area (Å²) in [7, 11) is 0. The maximum Gasteiger partial charge on any atom is 0.253 e. The van der Waals surface area contributed by atoms with Gasteiger partial charge in [0.1, 0.15) is 23.6 Å². The molecule has 2 aliphatic rings. The van der Waals surface area contributed by atoms with Gasteiger partial charge in [0.25, 0.3) is 5.91 Å². The van der Waals surface area contributed by atoms with Gasteiger partial charge in [0, 0.05) is 56.4 Å². The van der Waals surface area contributed by atoms with Crippen LogP contribution in [-0.2, 0) is 28.9 Å². The Morgan fingerprint density at radius 3 is 2.31 bits per heavy atom. The van der Waals surface area contributed by atoms with Crippen LogP contribution in [0.2, 0.25) is 5.02 Å². The number of ether oxygens (including phenoxy) is 1. The van der Waals surface area contributed by atoms with Crippen molar-refractivity contribution in [1.29, 1.82) is 0 Å². The van der Waals surface area contributed by atoms with Crippen molar-refractivity contribution in [2.45, 2.75) is 31.3 Å². The van der Waals surface area contributed by atoms with Crippen molar-refractivity contribution in [1.82, 2.24) is 20.9 Å². The first-order chi connectivity index (χ1) is 26.4. The van der Waals surface area contributed by atoms with Crippen LogP contribution < -0.4 is 25.6 Å². The lowest BCUT2D eigenvalue weighted by molar-refractivity contribution is -0.137. The van der Waals surface area contributed by atoms with Crippen LogP contribution >= 0.6 is 11.6 Å². The minimum absolute atomic E-state index is 0.133. The standard InChI is InChI=1S/C44H44ClN5O4/c45-34-19-17-32(18-20-34)30-39(48-43(52)41-37-14-5-4-10-33(37)22-24-46-41)44(53)50-27-25-49(26-28-50)40-16-7-6-15-38(40)42(51)47-23-21-31-9-8-13-36(29-31)54-35-11-2-1-3-12-35/h1-20,29,39,41,46H,21-28,30H2,(H,47,51)(H,48,52)/t39-,41?/m1/s1. The molecule has 0 spiro atoms. The molecular formula is C44H44ClN5O4. The van der Waals surface area contributed by atoms with Crippen LogP contribution in [0.25, 0.3) is 0 Å². The summed E-state index contributed by atoms with van der Waals surface area (Å²) in [4.78, 5) is 45.4. The van der Waals surface area contributed by atoms with E-state index in [4.69, 9.17) is 16.3 Å². The first-order valence-electron chi connectivity index (χ1n) is 18.5. The molecule has 1 fully saturated rings. The number of carbonyl (C=O) groups is 3. The lowest BCUT2D eigenvalue weighted by Gasteiger charge is -2.38. The number of nitrogens with one attached hydrogen (secondary N) is 3. The van der Waals surface area contributed by atoms with Crippen molar-refractivity contribution in [3.8, 4) is 11.5 Å². The summed E-state index contributed by atoms with van der Waals surface area (Å²) < 4.78 is 5.98. The summed E-state index contributed by atoms with van der Waals surface area (Å²) in [6.07, 6.45) is 1.84. The van der Waals surface area contributed by atoms with E-state index in [-0.39, 0.29) is 17.7 Å². The van der Waals surface area contributed by atoms with Gasteiger partial charge in [-0.15, -0.1) is 0 Å². The second-order valence-electron chi connectivity index (χ2n) is 13.6. The fourth-order valence-corrected chi connectivity index (χ4v) is 7.31. The van der Waals surface area contributed by atoms with Crippen LogP contribution in [0.5, 0.6) is 11.5 Å². The lowest BCUT2D eigenvalue weighted by Crippen LogP contribution is -2.57. The molecular weight excluding hydrogens is 698 g/mol. The molecule has 1 saturated heterocycles. The Morgan fingerprint density at radius 2 is 1.50 bits per heavy atom. The first kappa shape index (κ1) is 36.7. The Labute approximate surface area is 321 Å². The third-order valence-corrected chi connectivity index (χ3v) is 10.2. The van der Waals surface area contributed by atoms with Crippen molar-refractivity contribution in [3.05, 3.63) is 160 Å². The quantitative estimate of drug-likeness (QED) is 0.138. The number of para-hydroxylation sites is 2. The highest BCUT2D eigenvalue weighted by Crippen LogP contribution is 2.26. The number of hydrogen-bond acceptors (Lipinski definition) is 6. The van der Waals surface area contributed by atoms with E-state index in [1.807, 2.05) is 114 Å². The molecule has 9 nitrogen and oxygen atoms in total. The molecule has 1 unspecified atom stereocenters.